The van der Waals surface area contributed by atoms with Gasteiger partial charge in [0.25, 0.3) is 0 Å². The van der Waals surface area contributed by atoms with E-state index >= 15 is 0 Å². The molecular weight excluding hydrogens is 245 g/mol. The summed E-state index contributed by atoms with van der Waals surface area (Å²) in [6.45, 7) is 0.823. The first-order valence-electron chi connectivity index (χ1n) is 5.58. The molecule has 1 N–H and O–H groups in total. The number of nitrogens with one attached hydrogen (secondary N) is 1. The molecular formula is C11H13F3N4. The molecule has 2 aromatic heterocycles. The lowest BCUT2D eigenvalue weighted by atomic mass is 10.2. The summed E-state index contributed by atoms with van der Waals surface area (Å²) in [7, 11) is 1.84. The van der Waals surface area contributed by atoms with E-state index in [1.54, 1.807) is 0 Å². The van der Waals surface area contributed by atoms with Gasteiger partial charge in [0.2, 0.25) is 0 Å². The Morgan fingerprint density at radius 3 is 2.83 bits per heavy atom. The Labute approximate surface area is 102 Å². The first kappa shape index (κ1) is 12.8. The Hall–Kier alpha value is -1.63. The average molecular weight is 258 g/mol. The second-order valence-electron chi connectivity index (χ2n) is 3.95. The maximum absolute atomic E-state index is 12.5. The highest BCUT2D eigenvalue weighted by molar-refractivity contribution is 5.41. The lowest BCUT2D eigenvalue weighted by Crippen LogP contribution is -2.08. The molecule has 0 saturated heterocycles. The largest absolute Gasteiger partial charge is 0.416 e. The quantitative estimate of drug-likeness (QED) is 0.852. The van der Waals surface area contributed by atoms with E-state index in [1.807, 2.05) is 7.05 Å². The zero-order valence-corrected chi connectivity index (χ0v) is 9.83. The van der Waals surface area contributed by atoms with Gasteiger partial charge < -0.3 is 5.32 Å². The van der Waals surface area contributed by atoms with Gasteiger partial charge in [-0.1, -0.05) is 0 Å². The molecule has 18 heavy (non-hydrogen) atoms. The van der Waals surface area contributed by atoms with E-state index in [9.17, 15) is 13.2 Å². The number of aromatic nitrogens is 3. The summed E-state index contributed by atoms with van der Waals surface area (Å²) in [5.41, 5.74) is -0.478. The zero-order chi connectivity index (χ0) is 13.2. The summed E-state index contributed by atoms with van der Waals surface area (Å²) in [4.78, 5) is 4.08. The maximum atomic E-state index is 12.5. The number of fused-ring (bicyclic) bond motifs is 1. The first-order valence-corrected chi connectivity index (χ1v) is 5.58. The maximum Gasteiger partial charge on any atom is 0.416 e. The van der Waals surface area contributed by atoms with Crippen molar-refractivity contribution >= 4 is 5.65 Å². The number of alkyl halides is 3. The number of hydrogen-bond acceptors (Lipinski definition) is 3. The smallest absolute Gasteiger partial charge is 0.320 e. The first-order chi connectivity index (χ1) is 8.50. The van der Waals surface area contributed by atoms with Crippen molar-refractivity contribution in [1.82, 2.24) is 19.9 Å². The van der Waals surface area contributed by atoms with Crippen LogP contribution in [0.5, 0.6) is 0 Å². The fraction of sp³-hybridized carbons (Fsp3) is 0.455. The molecule has 0 amide bonds. The minimum Gasteiger partial charge on any atom is -0.320 e. The van der Waals surface area contributed by atoms with Crippen LogP contribution in [0.2, 0.25) is 0 Å². The van der Waals surface area contributed by atoms with Crippen LogP contribution in [0.15, 0.2) is 18.3 Å². The van der Waals surface area contributed by atoms with E-state index in [0.717, 1.165) is 25.1 Å². The molecule has 0 aliphatic heterocycles. The van der Waals surface area contributed by atoms with Gasteiger partial charge in [0.1, 0.15) is 0 Å². The summed E-state index contributed by atoms with van der Waals surface area (Å²) in [6.07, 6.45) is -1.57. The van der Waals surface area contributed by atoms with Gasteiger partial charge in [-0.3, -0.25) is 0 Å². The lowest BCUT2D eigenvalue weighted by Gasteiger charge is -2.05. The van der Waals surface area contributed by atoms with Crippen LogP contribution in [0.4, 0.5) is 13.2 Å². The molecule has 2 rings (SSSR count). The number of halogens is 3. The third-order valence-corrected chi connectivity index (χ3v) is 2.54. The van der Waals surface area contributed by atoms with Crippen LogP contribution in [0.3, 0.4) is 0 Å². The molecule has 4 nitrogen and oxygen atoms in total. The highest BCUT2D eigenvalue weighted by atomic mass is 19.4. The predicted octanol–water partition coefficient (Wildman–Crippen LogP) is 1.90. The van der Waals surface area contributed by atoms with Crippen LogP contribution in [0.1, 0.15) is 17.8 Å². The Morgan fingerprint density at radius 1 is 1.39 bits per heavy atom. The van der Waals surface area contributed by atoms with E-state index < -0.39 is 11.7 Å². The summed E-state index contributed by atoms with van der Waals surface area (Å²) in [6, 6.07) is 2.01. The monoisotopic (exact) mass is 258 g/mol. The standard InChI is InChI=1S/C11H13F3N4/c1-15-5-2-3-9-16-10-7-8(11(12,13)14)4-6-18(10)17-9/h4,6-7,15H,2-3,5H2,1H3. The van der Waals surface area contributed by atoms with Crippen molar-refractivity contribution in [2.75, 3.05) is 13.6 Å². The number of hydrogen-bond donors (Lipinski definition) is 1. The highest BCUT2D eigenvalue weighted by Gasteiger charge is 2.30. The molecule has 0 aliphatic rings. The van der Waals surface area contributed by atoms with Gasteiger partial charge in [0.15, 0.2) is 11.5 Å². The van der Waals surface area contributed by atoms with Crippen LogP contribution in [0.25, 0.3) is 5.65 Å². The van der Waals surface area contributed by atoms with Crippen molar-refractivity contribution in [3.05, 3.63) is 29.7 Å². The second-order valence-corrected chi connectivity index (χ2v) is 3.95. The van der Waals surface area contributed by atoms with Crippen LogP contribution >= 0.6 is 0 Å². The molecule has 98 valence electrons. The number of pyridine rings is 1. The predicted molar refractivity (Wildman–Crippen MR) is 60.2 cm³/mol. The summed E-state index contributed by atoms with van der Waals surface area (Å²) in [5.74, 6) is 0.560. The lowest BCUT2D eigenvalue weighted by molar-refractivity contribution is -0.137. The van der Waals surface area contributed by atoms with Crippen molar-refractivity contribution in [3.8, 4) is 0 Å². The SMILES string of the molecule is CNCCCc1nc2cc(C(F)(F)F)ccn2n1. The minimum absolute atomic E-state index is 0.226. The fourth-order valence-corrected chi connectivity index (χ4v) is 1.63. The van der Waals surface area contributed by atoms with Crippen molar-refractivity contribution in [3.63, 3.8) is 0 Å². The molecule has 7 heteroatoms. The van der Waals surface area contributed by atoms with Gasteiger partial charge in [-0.05, 0) is 32.1 Å². The summed E-state index contributed by atoms with van der Waals surface area (Å²) < 4.78 is 38.9. The van der Waals surface area contributed by atoms with E-state index in [-0.39, 0.29) is 5.65 Å². The van der Waals surface area contributed by atoms with E-state index in [1.165, 1.54) is 10.7 Å². The van der Waals surface area contributed by atoms with Gasteiger partial charge in [0, 0.05) is 12.6 Å². The normalized spacial score (nSPS) is 12.2. The van der Waals surface area contributed by atoms with Gasteiger partial charge >= 0.3 is 6.18 Å². The minimum atomic E-state index is -4.35. The van der Waals surface area contributed by atoms with Crippen molar-refractivity contribution in [2.24, 2.45) is 0 Å². The van der Waals surface area contributed by atoms with Gasteiger partial charge in [-0.15, -0.1) is 0 Å². The van der Waals surface area contributed by atoms with E-state index in [4.69, 9.17) is 0 Å². The highest BCUT2D eigenvalue weighted by Crippen LogP contribution is 2.29. The number of nitrogens with zero attached hydrogens (tertiary/aromatic N) is 3. The molecule has 2 aromatic rings. The van der Waals surface area contributed by atoms with Gasteiger partial charge in [-0.2, -0.15) is 18.3 Å². The Kier molecular flexibility index (Phi) is 3.51. The van der Waals surface area contributed by atoms with E-state index in [0.29, 0.717) is 12.2 Å². The third-order valence-electron chi connectivity index (χ3n) is 2.54. The topological polar surface area (TPSA) is 42.2 Å². The number of rotatable bonds is 4. The van der Waals surface area contributed by atoms with Crippen LogP contribution in [0, 0.1) is 0 Å². The second kappa shape index (κ2) is 4.93. The average Bonchev–Trinajstić information content (AvgIpc) is 2.69. The molecule has 0 aliphatic carbocycles. The molecule has 0 fully saturated rings. The van der Waals surface area contributed by atoms with Crippen molar-refractivity contribution in [2.45, 2.75) is 19.0 Å². The Morgan fingerprint density at radius 2 is 2.17 bits per heavy atom. The number of aryl methyl sites for hydroxylation is 1. The molecule has 0 radical (unpaired) electrons. The molecule has 2 heterocycles. The Bertz CT molecular complexity index is 533. The van der Waals surface area contributed by atoms with Crippen LogP contribution in [-0.2, 0) is 12.6 Å². The van der Waals surface area contributed by atoms with Gasteiger partial charge in [-0.25, -0.2) is 9.50 Å². The molecule has 0 aromatic carbocycles. The summed E-state index contributed by atoms with van der Waals surface area (Å²) >= 11 is 0. The zero-order valence-electron chi connectivity index (χ0n) is 9.83. The molecule has 0 unspecified atom stereocenters. The van der Waals surface area contributed by atoms with Crippen molar-refractivity contribution in [1.29, 1.82) is 0 Å². The molecule has 0 spiro atoms. The fourth-order valence-electron chi connectivity index (χ4n) is 1.63. The molecule has 0 bridgehead atoms. The molecule has 0 atom stereocenters. The Balaban J connectivity index is 2.23. The van der Waals surface area contributed by atoms with Gasteiger partial charge in [0.05, 0.1) is 5.56 Å². The van der Waals surface area contributed by atoms with Crippen LogP contribution in [-0.4, -0.2) is 28.2 Å². The van der Waals surface area contributed by atoms with Crippen LogP contribution < -0.4 is 5.32 Å². The van der Waals surface area contributed by atoms with E-state index in [2.05, 4.69) is 15.4 Å². The molecule has 0 saturated carbocycles. The summed E-state index contributed by atoms with van der Waals surface area (Å²) in [5, 5.41) is 7.11. The van der Waals surface area contributed by atoms with Crippen molar-refractivity contribution < 1.29 is 13.2 Å². The third kappa shape index (κ3) is 2.79.